The zero-order valence-electron chi connectivity index (χ0n) is 11.8. The molecule has 0 aromatic heterocycles. The van der Waals surface area contributed by atoms with Gasteiger partial charge in [-0.1, -0.05) is 18.2 Å². The van der Waals surface area contributed by atoms with Gasteiger partial charge in [0.25, 0.3) is 0 Å². The van der Waals surface area contributed by atoms with Gasteiger partial charge in [-0.3, -0.25) is 0 Å². The van der Waals surface area contributed by atoms with E-state index in [4.69, 9.17) is 14.2 Å². The van der Waals surface area contributed by atoms with Gasteiger partial charge in [0.2, 0.25) is 0 Å². The largest absolute Gasteiger partial charge is 0.490 e. The van der Waals surface area contributed by atoms with E-state index in [-0.39, 0.29) is 5.97 Å². The monoisotopic (exact) mass is 284 g/mol. The zero-order chi connectivity index (χ0) is 14.7. The van der Waals surface area contributed by atoms with Crippen LogP contribution in [0.5, 0.6) is 11.5 Å². The number of benzene rings is 2. The molecule has 0 amide bonds. The summed E-state index contributed by atoms with van der Waals surface area (Å²) >= 11 is 0. The lowest BCUT2D eigenvalue weighted by Crippen LogP contribution is -2.00. The van der Waals surface area contributed by atoms with Crippen LogP contribution in [0.1, 0.15) is 16.8 Å². The number of esters is 1. The Bertz CT molecular complexity index is 646. The summed E-state index contributed by atoms with van der Waals surface area (Å²) in [5.74, 6) is 1.21. The van der Waals surface area contributed by atoms with E-state index >= 15 is 0 Å². The zero-order valence-corrected chi connectivity index (χ0v) is 11.8. The third-order valence-electron chi connectivity index (χ3n) is 3.39. The van der Waals surface area contributed by atoms with Gasteiger partial charge in [0.1, 0.15) is 0 Å². The molecule has 0 atom stereocenters. The molecule has 108 valence electrons. The van der Waals surface area contributed by atoms with E-state index in [9.17, 15) is 4.79 Å². The molecular weight excluding hydrogens is 268 g/mol. The van der Waals surface area contributed by atoms with Gasteiger partial charge in [0.15, 0.2) is 11.5 Å². The third-order valence-corrected chi connectivity index (χ3v) is 3.39. The Kier molecular flexibility index (Phi) is 3.77. The lowest BCUT2D eigenvalue weighted by atomic mass is 10.0. The Morgan fingerprint density at radius 3 is 2.33 bits per heavy atom. The highest BCUT2D eigenvalue weighted by atomic mass is 16.5. The molecular formula is C17H16O4. The number of ether oxygens (including phenoxy) is 3. The first-order chi connectivity index (χ1) is 10.3. The van der Waals surface area contributed by atoms with E-state index in [1.165, 1.54) is 7.11 Å². The molecule has 0 N–H and O–H groups in total. The highest BCUT2D eigenvalue weighted by Gasteiger charge is 2.12. The topological polar surface area (TPSA) is 44.8 Å². The van der Waals surface area contributed by atoms with Crippen LogP contribution in [0.15, 0.2) is 42.5 Å². The second kappa shape index (κ2) is 5.87. The van der Waals surface area contributed by atoms with Crippen LogP contribution in [0.3, 0.4) is 0 Å². The summed E-state index contributed by atoms with van der Waals surface area (Å²) in [6.07, 6.45) is 0.887. The highest BCUT2D eigenvalue weighted by molar-refractivity contribution is 5.90. The number of carbonyl (C=O) groups is 1. The van der Waals surface area contributed by atoms with Crippen LogP contribution in [-0.4, -0.2) is 26.3 Å². The molecule has 0 spiro atoms. The Hall–Kier alpha value is -2.49. The molecule has 0 aliphatic carbocycles. The molecule has 2 aromatic rings. The minimum atomic E-state index is -0.333. The lowest BCUT2D eigenvalue weighted by molar-refractivity contribution is 0.0601. The van der Waals surface area contributed by atoms with E-state index in [0.717, 1.165) is 29.0 Å². The minimum absolute atomic E-state index is 0.333. The maximum Gasteiger partial charge on any atom is 0.337 e. The number of fused-ring (bicyclic) bond motifs is 1. The van der Waals surface area contributed by atoms with E-state index in [2.05, 4.69) is 0 Å². The number of methoxy groups -OCH3 is 1. The first-order valence-electron chi connectivity index (χ1n) is 6.86. The third kappa shape index (κ3) is 2.84. The SMILES string of the molecule is COC(=O)c1ccc(-c2ccc3c(c2)OCCCO3)cc1. The molecule has 0 saturated heterocycles. The smallest absolute Gasteiger partial charge is 0.337 e. The van der Waals surface area contributed by atoms with Crippen molar-refractivity contribution in [2.45, 2.75) is 6.42 Å². The summed E-state index contributed by atoms with van der Waals surface area (Å²) in [4.78, 5) is 11.4. The lowest BCUT2D eigenvalue weighted by Gasteiger charge is -2.09. The van der Waals surface area contributed by atoms with Crippen LogP contribution in [-0.2, 0) is 4.74 Å². The first kappa shape index (κ1) is 13.5. The van der Waals surface area contributed by atoms with E-state index in [0.29, 0.717) is 18.8 Å². The van der Waals surface area contributed by atoms with Gasteiger partial charge in [-0.05, 0) is 35.4 Å². The summed E-state index contributed by atoms with van der Waals surface area (Å²) in [5, 5.41) is 0. The number of carbonyl (C=O) groups excluding carboxylic acids is 1. The standard InChI is InChI=1S/C17H16O4/c1-19-17(18)13-5-3-12(4-6-13)14-7-8-15-16(11-14)21-10-2-9-20-15/h3-8,11H,2,9-10H2,1H3. The summed E-state index contributed by atoms with van der Waals surface area (Å²) < 4.78 is 16.0. The van der Waals surface area contributed by atoms with Gasteiger partial charge in [-0.15, -0.1) is 0 Å². The van der Waals surface area contributed by atoms with Gasteiger partial charge in [0.05, 0.1) is 25.9 Å². The van der Waals surface area contributed by atoms with Crippen molar-refractivity contribution in [3.05, 3.63) is 48.0 Å². The molecule has 1 aliphatic heterocycles. The highest BCUT2D eigenvalue weighted by Crippen LogP contribution is 2.34. The van der Waals surface area contributed by atoms with Crippen LogP contribution in [0.2, 0.25) is 0 Å². The normalized spacial score (nSPS) is 13.4. The van der Waals surface area contributed by atoms with Crippen molar-refractivity contribution in [2.75, 3.05) is 20.3 Å². The average Bonchev–Trinajstić information content (AvgIpc) is 2.79. The van der Waals surface area contributed by atoms with Crippen LogP contribution < -0.4 is 9.47 Å². The second-order valence-electron chi connectivity index (χ2n) is 4.78. The van der Waals surface area contributed by atoms with E-state index in [1.807, 2.05) is 30.3 Å². The maximum atomic E-state index is 11.4. The average molecular weight is 284 g/mol. The van der Waals surface area contributed by atoms with Gasteiger partial charge < -0.3 is 14.2 Å². The van der Waals surface area contributed by atoms with Gasteiger partial charge >= 0.3 is 5.97 Å². The predicted octanol–water partition coefficient (Wildman–Crippen LogP) is 3.30. The van der Waals surface area contributed by atoms with Gasteiger partial charge in [-0.25, -0.2) is 4.79 Å². The minimum Gasteiger partial charge on any atom is -0.490 e. The molecule has 21 heavy (non-hydrogen) atoms. The van der Waals surface area contributed by atoms with Gasteiger partial charge in [0, 0.05) is 6.42 Å². The Labute approximate surface area is 123 Å². The molecule has 4 nitrogen and oxygen atoms in total. The van der Waals surface area contributed by atoms with Crippen molar-refractivity contribution in [3.63, 3.8) is 0 Å². The van der Waals surface area contributed by atoms with Crippen LogP contribution in [0.25, 0.3) is 11.1 Å². The Morgan fingerprint density at radius 1 is 0.952 bits per heavy atom. The first-order valence-corrected chi connectivity index (χ1v) is 6.86. The van der Waals surface area contributed by atoms with Crippen molar-refractivity contribution in [3.8, 4) is 22.6 Å². The number of rotatable bonds is 2. The van der Waals surface area contributed by atoms with Crippen molar-refractivity contribution < 1.29 is 19.0 Å². The fourth-order valence-electron chi connectivity index (χ4n) is 2.26. The summed E-state index contributed by atoms with van der Waals surface area (Å²) in [7, 11) is 1.38. The Morgan fingerprint density at radius 2 is 1.62 bits per heavy atom. The predicted molar refractivity (Wildman–Crippen MR) is 78.8 cm³/mol. The van der Waals surface area contributed by atoms with Crippen LogP contribution in [0, 0.1) is 0 Å². The second-order valence-corrected chi connectivity index (χ2v) is 4.78. The molecule has 3 rings (SSSR count). The molecule has 0 saturated carbocycles. The molecule has 0 fully saturated rings. The molecule has 2 aromatic carbocycles. The van der Waals surface area contributed by atoms with Crippen molar-refractivity contribution in [2.24, 2.45) is 0 Å². The molecule has 0 radical (unpaired) electrons. The van der Waals surface area contributed by atoms with Crippen molar-refractivity contribution in [1.82, 2.24) is 0 Å². The Balaban J connectivity index is 1.90. The molecule has 4 heteroatoms. The van der Waals surface area contributed by atoms with Gasteiger partial charge in [-0.2, -0.15) is 0 Å². The van der Waals surface area contributed by atoms with Crippen LogP contribution in [0.4, 0.5) is 0 Å². The summed E-state index contributed by atoms with van der Waals surface area (Å²) in [6, 6.07) is 13.2. The summed E-state index contributed by atoms with van der Waals surface area (Å²) in [6.45, 7) is 1.35. The maximum absolute atomic E-state index is 11.4. The van der Waals surface area contributed by atoms with E-state index in [1.54, 1.807) is 12.1 Å². The fourth-order valence-corrected chi connectivity index (χ4v) is 2.26. The number of hydrogen-bond acceptors (Lipinski definition) is 4. The van der Waals surface area contributed by atoms with Crippen molar-refractivity contribution >= 4 is 5.97 Å². The quantitative estimate of drug-likeness (QED) is 0.794. The molecule has 1 heterocycles. The number of hydrogen-bond donors (Lipinski definition) is 0. The van der Waals surface area contributed by atoms with Crippen LogP contribution >= 0.6 is 0 Å². The molecule has 0 unspecified atom stereocenters. The van der Waals surface area contributed by atoms with E-state index < -0.39 is 0 Å². The fraction of sp³-hybridized carbons (Fsp3) is 0.235. The molecule has 1 aliphatic rings. The molecule has 0 bridgehead atoms. The van der Waals surface area contributed by atoms with Crippen molar-refractivity contribution in [1.29, 1.82) is 0 Å². The summed E-state index contributed by atoms with van der Waals surface area (Å²) in [5.41, 5.74) is 2.57.